The zero-order valence-electron chi connectivity index (χ0n) is 9.55. The Balaban J connectivity index is 1.94. The Kier molecular flexibility index (Phi) is 3.10. The van der Waals surface area contributed by atoms with Crippen LogP contribution >= 0.6 is 11.8 Å². The standard InChI is InChI=1S/C11H22N2S/c1-4-10-7-14-11(12-10)5-6-13(8-11)9(2)3/h9-10,12H,4-8H2,1-3H3. The Labute approximate surface area is 91.8 Å². The summed E-state index contributed by atoms with van der Waals surface area (Å²) < 4.78 is 0. The fourth-order valence-electron chi connectivity index (χ4n) is 2.42. The molecule has 2 aliphatic heterocycles. The van der Waals surface area contributed by atoms with Crippen LogP contribution in [-0.2, 0) is 0 Å². The Bertz CT molecular complexity index is 207. The third-order valence-electron chi connectivity index (χ3n) is 3.51. The molecular weight excluding hydrogens is 192 g/mol. The molecule has 2 saturated heterocycles. The lowest BCUT2D eigenvalue weighted by Crippen LogP contribution is -2.44. The first kappa shape index (κ1) is 10.8. The predicted molar refractivity (Wildman–Crippen MR) is 63.7 cm³/mol. The van der Waals surface area contributed by atoms with Crippen LogP contribution in [0.15, 0.2) is 0 Å². The molecule has 0 aromatic rings. The average molecular weight is 214 g/mol. The van der Waals surface area contributed by atoms with Crippen LogP contribution in [0.3, 0.4) is 0 Å². The van der Waals surface area contributed by atoms with Crippen LogP contribution in [0, 0.1) is 0 Å². The molecule has 1 spiro atoms. The van der Waals surface area contributed by atoms with E-state index < -0.39 is 0 Å². The summed E-state index contributed by atoms with van der Waals surface area (Å²) >= 11 is 2.15. The summed E-state index contributed by atoms with van der Waals surface area (Å²) in [6.45, 7) is 9.40. The molecule has 0 saturated carbocycles. The van der Waals surface area contributed by atoms with Gasteiger partial charge in [-0.25, -0.2) is 0 Å². The Morgan fingerprint density at radius 1 is 1.57 bits per heavy atom. The van der Waals surface area contributed by atoms with E-state index >= 15 is 0 Å². The summed E-state index contributed by atoms with van der Waals surface area (Å²) in [6.07, 6.45) is 2.60. The van der Waals surface area contributed by atoms with Gasteiger partial charge in [-0.2, -0.15) is 0 Å². The second kappa shape index (κ2) is 4.03. The van der Waals surface area contributed by atoms with Gasteiger partial charge < -0.3 is 0 Å². The van der Waals surface area contributed by atoms with E-state index in [0.29, 0.717) is 10.9 Å². The highest BCUT2D eigenvalue weighted by Gasteiger charge is 2.44. The molecule has 0 aliphatic carbocycles. The summed E-state index contributed by atoms with van der Waals surface area (Å²) in [5, 5.41) is 3.82. The zero-order valence-corrected chi connectivity index (χ0v) is 10.4. The molecule has 2 unspecified atom stereocenters. The first-order chi connectivity index (χ1) is 6.65. The second-order valence-electron chi connectivity index (χ2n) is 4.87. The molecule has 3 heteroatoms. The number of nitrogens with zero attached hydrogens (tertiary/aromatic N) is 1. The van der Waals surface area contributed by atoms with Crippen molar-refractivity contribution in [1.82, 2.24) is 10.2 Å². The van der Waals surface area contributed by atoms with Crippen LogP contribution in [0.25, 0.3) is 0 Å². The van der Waals surface area contributed by atoms with Gasteiger partial charge in [0.15, 0.2) is 0 Å². The number of hydrogen-bond donors (Lipinski definition) is 1. The fraction of sp³-hybridized carbons (Fsp3) is 1.00. The number of likely N-dealkylation sites (tertiary alicyclic amines) is 1. The van der Waals surface area contributed by atoms with Crippen molar-refractivity contribution >= 4 is 11.8 Å². The lowest BCUT2D eigenvalue weighted by Gasteiger charge is -2.26. The highest BCUT2D eigenvalue weighted by molar-refractivity contribution is 8.01. The Morgan fingerprint density at radius 3 is 2.86 bits per heavy atom. The summed E-state index contributed by atoms with van der Waals surface area (Å²) in [6, 6.07) is 1.46. The van der Waals surface area contributed by atoms with E-state index in [-0.39, 0.29) is 0 Å². The minimum atomic E-state index is 0.408. The van der Waals surface area contributed by atoms with Crippen molar-refractivity contribution in [3.8, 4) is 0 Å². The summed E-state index contributed by atoms with van der Waals surface area (Å²) in [7, 11) is 0. The molecule has 2 fully saturated rings. The molecule has 0 aromatic heterocycles. The number of thioether (sulfide) groups is 1. The van der Waals surface area contributed by atoms with Crippen molar-refractivity contribution in [2.45, 2.75) is 50.6 Å². The van der Waals surface area contributed by atoms with Crippen LogP contribution in [0.5, 0.6) is 0 Å². The maximum absolute atomic E-state index is 3.82. The third kappa shape index (κ3) is 1.95. The zero-order chi connectivity index (χ0) is 10.2. The molecular formula is C11H22N2S. The van der Waals surface area contributed by atoms with Gasteiger partial charge in [0.25, 0.3) is 0 Å². The highest BCUT2D eigenvalue weighted by atomic mass is 32.2. The van der Waals surface area contributed by atoms with Gasteiger partial charge in [-0.1, -0.05) is 6.92 Å². The lowest BCUT2D eigenvalue weighted by molar-refractivity contribution is 0.263. The normalized spacial score (nSPS) is 39.0. The molecule has 1 N–H and O–H groups in total. The molecule has 2 nitrogen and oxygen atoms in total. The van der Waals surface area contributed by atoms with Gasteiger partial charge in [-0.15, -0.1) is 11.8 Å². The second-order valence-corrected chi connectivity index (χ2v) is 6.27. The molecule has 2 atom stereocenters. The molecule has 2 rings (SSSR count). The summed E-state index contributed by atoms with van der Waals surface area (Å²) in [5.74, 6) is 1.31. The van der Waals surface area contributed by atoms with Gasteiger partial charge >= 0.3 is 0 Å². The molecule has 0 aromatic carbocycles. The van der Waals surface area contributed by atoms with E-state index in [2.05, 4.69) is 42.7 Å². The maximum atomic E-state index is 3.82. The van der Waals surface area contributed by atoms with Gasteiger partial charge in [0.05, 0.1) is 4.87 Å². The molecule has 2 aliphatic rings. The molecule has 82 valence electrons. The van der Waals surface area contributed by atoms with Gasteiger partial charge in [-0.05, 0) is 26.7 Å². The van der Waals surface area contributed by atoms with E-state index in [1.807, 2.05) is 0 Å². The Morgan fingerprint density at radius 2 is 2.36 bits per heavy atom. The smallest absolute Gasteiger partial charge is 0.0788 e. The van der Waals surface area contributed by atoms with Crippen LogP contribution in [-0.4, -0.2) is 40.7 Å². The predicted octanol–water partition coefficient (Wildman–Crippen LogP) is 1.91. The van der Waals surface area contributed by atoms with Crippen molar-refractivity contribution in [3.05, 3.63) is 0 Å². The van der Waals surface area contributed by atoms with E-state index in [0.717, 1.165) is 6.04 Å². The average Bonchev–Trinajstić information content (AvgIpc) is 2.74. The van der Waals surface area contributed by atoms with Crippen molar-refractivity contribution in [1.29, 1.82) is 0 Å². The van der Waals surface area contributed by atoms with Crippen molar-refractivity contribution in [2.24, 2.45) is 0 Å². The highest BCUT2D eigenvalue weighted by Crippen LogP contribution is 2.39. The summed E-state index contributed by atoms with van der Waals surface area (Å²) in [4.78, 5) is 3.00. The monoisotopic (exact) mass is 214 g/mol. The first-order valence-corrected chi connectivity index (χ1v) is 6.79. The summed E-state index contributed by atoms with van der Waals surface area (Å²) in [5.41, 5.74) is 0. The lowest BCUT2D eigenvalue weighted by atomic mass is 10.2. The molecule has 0 bridgehead atoms. The van der Waals surface area contributed by atoms with E-state index in [1.165, 1.54) is 31.7 Å². The van der Waals surface area contributed by atoms with Crippen molar-refractivity contribution in [2.75, 3.05) is 18.8 Å². The van der Waals surface area contributed by atoms with Gasteiger partial charge in [0, 0.05) is 30.9 Å². The third-order valence-corrected chi connectivity index (χ3v) is 5.09. The van der Waals surface area contributed by atoms with E-state index in [9.17, 15) is 0 Å². The van der Waals surface area contributed by atoms with Gasteiger partial charge in [0.2, 0.25) is 0 Å². The molecule has 0 amide bonds. The largest absolute Gasteiger partial charge is 0.298 e. The Hall–Kier alpha value is 0.270. The van der Waals surface area contributed by atoms with Gasteiger partial charge in [-0.3, -0.25) is 10.2 Å². The van der Waals surface area contributed by atoms with Gasteiger partial charge in [0.1, 0.15) is 0 Å². The van der Waals surface area contributed by atoms with Crippen molar-refractivity contribution < 1.29 is 0 Å². The number of nitrogens with one attached hydrogen (secondary N) is 1. The van der Waals surface area contributed by atoms with Crippen LogP contribution in [0.1, 0.15) is 33.6 Å². The van der Waals surface area contributed by atoms with Crippen LogP contribution in [0.2, 0.25) is 0 Å². The molecule has 2 heterocycles. The minimum absolute atomic E-state index is 0.408. The quantitative estimate of drug-likeness (QED) is 0.756. The number of hydrogen-bond acceptors (Lipinski definition) is 3. The van der Waals surface area contributed by atoms with Crippen LogP contribution in [0.4, 0.5) is 0 Å². The first-order valence-electron chi connectivity index (χ1n) is 5.81. The minimum Gasteiger partial charge on any atom is -0.298 e. The van der Waals surface area contributed by atoms with Crippen LogP contribution < -0.4 is 5.32 Å². The topological polar surface area (TPSA) is 15.3 Å². The fourth-order valence-corrected chi connectivity index (χ4v) is 4.00. The van der Waals surface area contributed by atoms with E-state index in [4.69, 9.17) is 0 Å². The van der Waals surface area contributed by atoms with Crippen molar-refractivity contribution in [3.63, 3.8) is 0 Å². The number of rotatable bonds is 2. The maximum Gasteiger partial charge on any atom is 0.0788 e. The van der Waals surface area contributed by atoms with E-state index in [1.54, 1.807) is 0 Å². The molecule has 0 radical (unpaired) electrons. The molecule has 14 heavy (non-hydrogen) atoms. The SMILES string of the molecule is CCC1CSC2(CCN(C(C)C)C2)N1.